The van der Waals surface area contributed by atoms with Crippen LogP contribution in [0, 0.1) is 6.92 Å². The van der Waals surface area contributed by atoms with E-state index in [0.717, 1.165) is 28.2 Å². The summed E-state index contributed by atoms with van der Waals surface area (Å²) in [5.41, 5.74) is 5.02. The van der Waals surface area contributed by atoms with Crippen molar-refractivity contribution in [3.05, 3.63) is 40.6 Å². The Morgan fingerprint density at radius 2 is 2.11 bits per heavy atom. The first kappa shape index (κ1) is 12.7. The van der Waals surface area contributed by atoms with Crippen LogP contribution in [0.1, 0.15) is 28.8 Å². The minimum absolute atomic E-state index is 0.757. The summed E-state index contributed by atoms with van der Waals surface area (Å²) in [6.07, 6.45) is 3.63. The molecule has 100 valence electrons. The fraction of sp³-hybridized carbons (Fsp3) is 0.400. The third kappa shape index (κ3) is 2.29. The van der Waals surface area contributed by atoms with E-state index in [1.54, 1.807) is 4.68 Å². The van der Waals surface area contributed by atoms with E-state index in [0.29, 0.717) is 0 Å². The number of hydrogen-bond acceptors (Lipinski definition) is 2. The van der Waals surface area contributed by atoms with Gasteiger partial charge in [0.05, 0.1) is 5.69 Å². The average molecular weight is 321 g/mol. The predicted octanol–water partition coefficient (Wildman–Crippen LogP) is 3.90. The third-order valence-electron chi connectivity index (χ3n) is 3.71. The van der Waals surface area contributed by atoms with Gasteiger partial charge in [-0.1, -0.05) is 22.0 Å². The number of rotatable bonds is 3. The van der Waals surface area contributed by atoms with Gasteiger partial charge in [-0.05, 0) is 49.4 Å². The Morgan fingerprint density at radius 3 is 2.89 bits per heavy atom. The summed E-state index contributed by atoms with van der Waals surface area (Å²) < 4.78 is 7.85. The van der Waals surface area contributed by atoms with E-state index in [1.807, 2.05) is 14.0 Å². The van der Waals surface area contributed by atoms with Gasteiger partial charge in [0.1, 0.15) is 5.75 Å². The maximum Gasteiger partial charge on any atom is 0.221 e. The Kier molecular flexibility index (Phi) is 3.35. The molecule has 4 heteroatoms. The number of aryl methyl sites for hydroxylation is 4. The second-order valence-electron chi connectivity index (χ2n) is 5.01. The molecule has 2 aromatic rings. The molecule has 19 heavy (non-hydrogen) atoms. The minimum atomic E-state index is 0.757. The number of halogens is 1. The van der Waals surface area contributed by atoms with Crippen LogP contribution in [0.15, 0.2) is 18.2 Å². The van der Waals surface area contributed by atoms with Crippen LogP contribution in [0.25, 0.3) is 0 Å². The second-order valence-corrected chi connectivity index (χ2v) is 5.57. The monoisotopic (exact) mass is 320 g/mol. The van der Waals surface area contributed by atoms with Crippen molar-refractivity contribution >= 4 is 15.9 Å². The van der Waals surface area contributed by atoms with Gasteiger partial charge in [-0.25, -0.2) is 4.68 Å². The summed E-state index contributed by atoms with van der Waals surface area (Å²) in [7, 11) is 1.92. The van der Waals surface area contributed by atoms with Crippen LogP contribution in [0.3, 0.4) is 0 Å². The maximum atomic E-state index is 6.05. The molecule has 3 rings (SSSR count). The van der Waals surface area contributed by atoms with Crippen LogP contribution in [-0.2, 0) is 25.2 Å². The van der Waals surface area contributed by atoms with Crippen LogP contribution >= 0.6 is 15.9 Å². The molecule has 1 aromatic carbocycles. The Balaban J connectivity index is 1.93. The van der Waals surface area contributed by atoms with Gasteiger partial charge in [0.15, 0.2) is 0 Å². The van der Waals surface area contributed by atoms with Crippen molar-refractivity contribution in [2.75, 3.05) is 0 Å². The lowest BCUT2D eigenvalue weighted by Gasteiger charge is -2.09. The molecule has 0 saturated heterocycles. The van der Waals surface area contributed by atoms with Gasteiger partial charge in [-0.2, -0.15) is 5.10 Å². The van der Waals surface area contributed by atoms with Crippen LogP contribution in [0.5, 0.6) is 11.6 Å². The molecule has 0 atom stereocenters. The van der Waals surface area contributed by atoms with Crippen LogP contribution in [0.4, 0.5) is 0 Å². The van der Waals surface area contributed by atoms with Crippen molar-refractivity contribution in [2.24, 2.45) is 7.05 Å². The fourth-order valence-corrected chi connectivity index (χ4v) is 3.33. The molecular weight excluding hydrogens is 304 g/mol. The number of ether oxygens (including phenoxy) is 1. The van der Waals surface area contributed by atoms with Gasteiger partial charge in [-0.3, -0.25) is 0 Å². The molecule has 0 saturated carbocycles. The van der Waals surface area contributed by atoms with Crippen molar-refractivity contribution < 1.29 is 4.74 Å². The zero-order chi connectivity index (χ0) is 13.4. The quantitative estimate of drug-likeness (QED) is 0.802. The van der Waals surface area contributed by atoms with E-state index in [-0.39, 0.29) is 0 Å². The third-order valence-corrected chi connectivity index (χ3v) is 4.27. The average Bonchev–Trinajstić information content (AvgIpc) is 2.94. The van der Waals surface area contributed by atoms with Crippen molar-refractivity contribution in [3.8, 4) is 11.6 Å². The zero-order valence-corrected chi connectivity index (χ0v) is 12.8. The smallest absolute Gasteiger partial charge is 0.221 e. The van der Waals surface area contributed by atoms with Gasteiger partial charge in [0.2, 0.25) is 5.88 Å². The largest absolute Gasteiger partial charge is 0.439 e. The predicted molar refractivity (Wildman–Crippen MR) is 79.1 cm³/mol. The lowest BCUT2D eigenvalue weighted by atomic mass is 10.1. The minimum Gasteiger partial charge on any atom is -0.439 e. The standard InChI is InChI=1S/C15H17BrN2O/c1-10-14(9-16)15(18(2)17-10)19-13-7-6-11-4-3-5-12(11)8-13/h6-8H,3-5,9H2,1-2H3. The number of nitrogens with zero attached hydrogens (tertiary/aromatic N) is 2. The van der Waals surface area contributed by atoms with E-state index >= 15 is 0 Å². The molecule has 0 amide bonds. The highest BCUT2D eigenvalue weighted by Crippen LogP contribution is 2.32. The summed E-state index contributed by atoms with van der Waals surface area (Å²) in [5, 5.41) is 5.17. The number of benzene rings is 1. The molecule has 3 nitrogen and oxygen atoms in total. The lowest BCUT2D eigenvalue weighted by Crippen LogP contribution is -1.97. The molecule has 0 radical (unpaired) electrons. The Morgan fingerprint density at radius 1 is 1.32 bits per heavy atom. The molecule has 0 spiro atoms. The van der Waals surface area contributed by atoms with E-state index in [2.05, 4.69) is 39.2 Å². The summed E-state index contributed by atoms with van der Waals surface area (Å²) in [4.78, 5) is 0. The van der Waals surface area contributed by atoms with Gasteiger partial charge in [0.25, 0.3) is 0 Å². The first-order chi connectivity index (χ1) is 9.19. The molecule has 0 unspecified atom stereocenters. The Hall–Kier alpha value is -1.29. The molecule has 0 fully saturated rings. The first-order valence-corrected chi connectivity index (χ1v) is 7.69. The highest BCUT2D eigenvalue weighted by Gasteiger charge is 2.16. The van der Waals surface area contributed by atoms with E-state index in [9.17, 15) is 0 Å². The maximum absolute atomic E-state index is 6.05. The van der Waals surface area contributed by atoms with Crippen LogP contribution in [0.2, 0.25) is 0 Å². The fourth-order valence-electron chi connectivity index (χ4n) is 2.69. The van der Waals surface area contributed by atoms with E-state index in [1.165, 1.54) is 30.4 Å². The molecular formula is C15H17BrN2O. The van der Waals surface area contributed by atoms with Crippen LogP contribution in [-0.4, -0.2) is 9.78 Å². The van der Waals surface area contributed by atoms with Crippen molar-refractivity contribution in [2.45, 2.75) is 31.5 Å². The Bertz CT molecular complexity index is 619. The summed E-state index contributed by atoms with van der Waals surface area (Å²) >= 11 is 3.50. The van der Waals surface area contributed by atoms with E-state index in [4.69, 9.17) is 4.74 Å². The number of fused-ring (bicyclic) bond motifs is 1. The highest BCUT2D eigenvalue weighted by atomic mass is 79.9. The van der Waals surface area contributed by atoms with E-state index < -0.39 is 0 Å². The van der Waals surface area contributed by atoms with Gasteiger partial charge in [-0.15, -0.1) is 0 Å². The SMILES string of the molecule is Cc1nn(C)c(Oc2ccc3c(c2)CCC3)c1CBr. The van der Waals surface area contributed by atoms with Gasteiger partial charge < -0.3 is 4.74 Å². The van der Waals surface area contributed by atoms with Crippen molar-refractivity contribution in [3.63, 3.8) is 0 Å². The molecule has 0 bridgehead atoms. The molecule has 1 aromatic heterocycles. The molecule has 1 heterocycles. The normalized spacial score (nSPS) is 13.6. The molecule has 1 aliphatic rings. The highest BCUT2D eigenvalue weighted by molar-refractivity contribution is 9.08. The first-order valence-electron chi connectivity index (χ1n) is 6.57. The summed E-state index contributed by atoms with van der Waals surface area (Å²) in [6, 6.07) is 6.42. The molecule has 0 aliphatic heterocycles. The van der Waals surface area contributed by atoms with Crippen LogP contribution < -0.4 is 4.74 Å². The van der Waals surface area contributed by atoms with Crippen molar-refractivity contribution in [1.29, 1.82) is 0 Å². The van der Waals surface area contributed by atoms with Gasteiger partial charge in [0, 0.05) is 17.9 Å². The Labute approximate surface area is 121 Å². The van der Waals surface area contributed by atoms with Gasteiger partial charge >= 0.3 is 0 Å². The molecule has 0 N–H and O–H groups in total. The zero-order valence-electron chi connectivity index (χ0n) is 11.2. The number of hydrogen-bond donors (Lipinski definition) is 0. The molecule has 1 aliphatic carbocycles. The summed E-state index contributed by atoms with van der Waals surface area (Å²) in [5.74, 6) is 1.73. The second kappa shape index (κ2) is 5.00. The van der Waals surface area contributed by atoms with Crippen molar-refractivity contribution in [1.82, 2.24) is 9.78 Å². The topological polar surface area (TPSA) is 27.1 Å². The number of alkyl halides is 1. The lowest BCUT2D eigenvalue weighted by molar-refractivity contribution is 0.427. The number of aromatic nitrogens is 2. The summed E-state index contributed by atoms with van der Waals surface area (Å²) in [6.45, 7) is 2.01.